The fraction of sp³-hybridized carbons (Fsp3) is 0.588. The van der Waals surface area contributed by atoms with Crippen molar-refractivity contribution in [3.05, 3.63) is 28.8 Å². The van der Waals surface area contributed by atoms with Crippen LogP contribution in [0.25, 0.3) is 0 Å². The van der Waals surface area contributed by atoms with Crippen molar-refractivity contribution in [2.24, 2.45) is 0 Å². The van der Waals surface area contributed by atoms with Gasteiger partial charge in [-0.15, -0.1) is 0 Å². The number of likely N-dealkylation sites (tertiary alicyclic amines) is 1. The van der Waals surface area contributed by atoms with Crippen LogP contribution >= 0.6 is 11.6 Å². The summed E-state index contributed by atoms with van der Waals surface area (Å²) < 4.78 is 5.79. The molecule has 0 spiro atoms. The molecule has 4 nitrogen and oxygen atoms in total. The van der Waals surface area contributed by atoms with Gasteiger partial charge in [-0.25, -0.2) is 0 Å². The van der Waals surface area contributed by atoms with E-state index in [9.17, 15) is 4.79 Å². The summed E-state index contributed by atoms with van der Waals surface area (Å²) in [6.45, 7) is 5.81. The number of aryl methyl sites for hydroxylation is 1. The molecule has 1 fully saturated rings. The van der Waals surface area contributed by atoms with Crippen LogP contribution in [0.1, 0.15) is 25.3 Å². The second-order valence-electron chi connectivity index (χ2n) is 6.18. The van der Waals surface area contributed by atoms with E-state index in [1.54, 1.807) is 13.0 Å². The normalized spacial score (nSPS) is 18.0. The number of nitrogens with zero attached hydrogens (tertiary/aromatic N) is 2. The summed E-state index contributed by atoms with van der Waals surface area (Å²) in [5.41, 5.74) is 1.06. The van der Waals surface area contributed by atoms with Gasteiger partial charge in [0.1, 0.15) is 5.75 Å². The molecule has 0 saturated carbocycles. The zero-order valence-corrected chi connectivity index (χ0v) is 14.6. The average Bonchev–Trinajstić information content (AvgIpc) is 2.50. The van der Waals surface area contributed by atoms with Crippen molar-refractivity contribution in [2.75, 3.05) is 27.2 Å². The fourth-order valence-corrected chi connectivity index (χ4v) is 2.95. The van der Waals surface area contributed by atoms with E-state index in [0.29, 0.717) is 16.8 Å². The third-order valence-corrected chi connectivity index (χ3v) is 4.63. The first-order valence-corrected chi connectivity index (χ1v) is 8.14. The van der Waals surface area contributed by atoms with Gasteiger partial charge in [0.25, 0.3) is 5.91 Å². The largest absolute Gasteiger partial charge is 0.479 e. The van der Waals surface area contributed by atoms with E-state index in [2.05, 4.69) is 11.9 Å². The van der Waals surface area contributed by atoms with Gasteiger partial charge in [0.2, 0.25) is 0 Å². The number of benzene rings is 1. The lowest BCUT2D eigenvalue weighted by atomic mass is 10.0. The fourth-order valence-electron chi connectivity index (χ4n) is 2.79. The highest BCUT2D eigenvalue weighted by Gasteiger charge is 2.28. The maximum Gasteiger partial charge on any atom is 0.263 e. The topological polar surface area (TPSA) is 32.8 Å². The van der Waals surface area contributed by atoms with Gasteiger partial charge in [-0.05, 0) is 64.5 Å². The number of rotatable bonds is 4. The molecule has 1 aliphatic rings. The molecule has 0 aliphatic carbocycles. The Balaban J connectivity index is 1.98. The first kappa shape index (κ1) is 17.1. The molecule has 0 unspecified atom stereocenters. The molecule has 1 saturated heterocycles. The molecule has 1 heterocycles. The molecular weight excluding hydrogens is 300 g/mol. The van der Waals surface area contributed by atoms with Crippen LogP contribution in [0.3, 0.4) is 0 Å². The van der Waals surface area contributed by atoms with E-state index < -0.39 is 6.10 Å². The summed E-state index contributed by atoms with van der Waals surface area (Å²) in [5.74, 6) is 0.575. The number of likely N-dealkylation sites (N-methyl/N-ethyl adjacent to an activating group) is 1. The number of hydrogen-bond donors (Lipinski definition) is 0. The Morgan fingerprint density at radius 1 is 1.41 bits per heavy atom. The predicted molar refractivity (Wildman–Crippen MR) is 89.6 cm³/mol. The van der Waals surface area contributed by atoms with E-state index in [0.717, 1.165) is 31.5 Å². The molecule has 0 radical (unpaired) electrons. The Morgan fingerprint density at radius 2 is 2.05 bits per heavy atom. The maximum absolute atomic E-state index is 12.6. The van der Waals surface area contributed by atoms with Crippen molar-refractivity contribution < 1.29 is 9.53 Å². The van der Waals surface area contributed by atoms with Crippen molar-refractivity contribution in [1.82, 2.24) is 9.80 Å². The Bertz CT molecular complexity index is 527. The third-order valence-electron chi connectivity index (χ3n) is 4.32. The van der Waals surface area contributed by atoms with E-state index in [4.69, 9.17) is 16.3 Å². The van der Waals surface area contributed by atoms with Gasteiger partial charge in [0, 0.05) is 13.1 Å². The van der Waals surface area contributed by atoms with Gasteiger partial charge in [0.05, 0.1) is 5.02 Å². The van der Waals surface area contributed by atoms with Crippen molar-refractivity contribution >= 4 is 17.5 Å². The lowest BCUT2D eigenvalue weighted by Crippen LogP contribution is -2.48. The molecule has 22 heavy (non-hydrogen) atoms. The van der Waals surface area contributed by atoms with E-state index in [-0.39, 0.29) is 5.91 Å². The van der Waals surface area contributed by atoms with Gasteiger partial charge >= 0.3 is 0 Å². The molecule has 5 heteroatoms. The van der Waals surface area contributed by atoms with Crippen LogP contribution in [0.4, 0.5) is 0 Å². The zero-order chi connectivity index (χ0) is 16.3. The second-order valence-corrected chi connectivity index (χ2v) is 6.58. The van der Waals surface area contributed by atoms with Crippen molar-refractivity contribution in [2.45, 2.75) is 38.8 Å². The van der Waals surface area contributed by atoms with Crippen LogP contribution in [0.2, 0.25) is 5.02 Å². The number of piperidine rings is 1. The molecule has 1 amide bonds. The van der Waals surface area contributed by atoms with Crippen LogP contribution in [-0.4, -0.2) is 55.0 Å². The quantitative estimate of drug-likeness (QED) is 0.853. The monoisotopic (exact) mass is 324 g/mol. The molecule has 1 aliphatic heterocycles. The molecule has 122 valence electrons. The molecule has 0 N–H and O–H groups in total. The highest BCUT2D eigenvalue weighted by atomic mass is 35.5. The molecule has 0 aromatic heterocycles. The first-order chi connectivity index (χ1) is 10.4. The van der Waals surface area contributed by atoms with Crippen LogP contribution in [0.15, 0.2) is 18.2 Å². The van der Waals surface area contributed by atoms with Gasteiger partial charge < -0.3 is 14.5 Å². The average molecular weight is 325 g/mol. The van der Waals surface area contributed by atoms with Crippen LogP contribution in [-0.2, 0) is 4.79 Å². The second kappa shape index (κ2) is 7.34. The standard InChI is InChI=1S/C17H25ClN2O2/c1-12-5-6-15(18)16(11-12)22-13(2)17(21)20(4)14-7-9-19(3)10-8-14/h5-6,11,13-14H,7-10H2,1-4H3/t13-/m1/s1. The highest BCUT2D eigenvalue weighted by molar-refractivity contribution is 6.32. The SMILES string of the molecule is Cc1ccc(Cl)c(O[C@H](C)C(=O)N(C)C2CCN(C)CC2)c1. The van der Waals surface area contributed by atoms with E-state index in [1.165, 1.54) is 0 Å². The molecule has 1 aromatic carbocycles. The number of hydrogen-bond acceptors (Lipinski definition) is 3. The van der Waals surface area contributed by atoms with E-state index in [1.807, 2.05) is 31.0 Å². The third kappa shape index (κ3) is 4.14. The van der Waals surface area contributed by atoms with Gasteiger partial charge in [0.15, 0.2) is 6.10 Å². The van der Waals surface area contributed by atoms with Crippen molar-refractivity contribution in [1.29, 1.82) is 0 Å². The van der Waals surface area contributed by atoms with E-state index >= 15 is 0 Å². The predicted octanol–water partition coefficient (Wildman–Crippen LogP) is 2.97. The Hall–Kier alpha value is -1.26. The van der Waals surface area contributed by atoms with Crippen LogP contribution in [0, 0.1) is 6.92 Å². The Kier molecular flexibility index (Phi) is 5.70. The molecule has 1 atom stereocenters. The van der Waals surface area contributed by atoms with Gasteiger partial charge in [-0.3, -0.25) is 4.79 Å². The summed E-state index contributed by atoms with van der Waals surface area (Å²) >= 11 is 6.13. The number of ether oxygens (including phenoxy) is 1. The van der Waals surface area contributed by atoms with Gasteiger partial charge in [-0.2, -0.15) is 0 Å². The van der Waals surface area contributed by atoms with Crippen molar-refractivity contribution in [3.63, 3.8) is 0 Å². The van der Waals surface area contributed by atoms with Crippen molar-refractivity contribution in [3.8, 4) is 5.75 Å². The minimum Gasteiger partial charge on any atom is -0.479 e. The van der Waals surface area contributed by atoms with Gasteiger partial charge in [-0.1, -0.05) is 17.7 Å². The smallest absolute Gasteiger partial charge is 0.263 e. The molecule has 0 bridgehead atoms. The Labute approximate surface area is 138 Å². The summed E-state index contributed by atoms with van der Waals surface area (Å²) in [4.78, 5) is 16.7. The molecule has 1 aromatic rings. The summed E-state index contributed by atoms with van der Waals surface area (Å²) in [5, 5.41) is 0.534. The number of carbonyl (C=O) groups is 1. The minimum absolute atomic E-state index is 0.00660. The lowest BCUT2D eigenvalue weighted by molar-refractivity contribution is -0.139. The first-order valence-electron chi connectivity index (χ1n) is 7.76. The summed E-state index contributed by atoms with van der Waals surface area (Å²) in [7, 11) is 3.99. The summed E-state index contributed by atoms with van der Waals surface area (Å²) in [6.07, 6.45) is 1.48. The maximum atomic E-state index is 12.6. The van der Waals surface area contributed by atoms with Crippen LogP contribution in [0.5, 0.6) is 5.75 Å². The number of halogens is 1. The number of carbonyl (C=O) groups excluding carboxylic acids is 1. The zero-order valence-electron chi connectivity index (χ0n) is 13.8. The highest BCUT2D eigenvalue weighted by Crippen LogP contribution is 2.27. The summed E-state index contributed by atoms with van der Waals surface area (Å²) in [6, 6.07) is 5.88. The molecule has 2 rings (SSSR count). The minimum atomic E-state index is -0.538. The lowest BCUT2D eigenvalue weighted by Gasteiger charge is -2.36. The van der Waals surface area contributed by atoms with Crippen LogP contribution < -0.4 is 4.74 Å². The number of amides is 1. The Morgan fingerprint density at radius 3 is 2.68 bits per heavy atom. The molecular formula is C17H25ClN2O2.